The summed E-state index contributed by atoms with van der Waals surface area (Å²) in [6.45, 7) is 5.72. The van der Waals surface area contributed by atoms with Crippen molar-refractivity contribution >= 4 is 34.7 Å². The zero-order chi connectivity index (χ0) is 21.1. The fraction of sp³-hybridized carbons (Fsp3) is 0.591. The first-order valence-corrected chi connectivity index (χ1v) is 12.0. The molecule has 0 bridgehead atoms. The van der Waals surface area contributed by atoms with E-state index in [0.717, 1.165) is 48.4 Å². The number of imidazole rings is 1. The molecular weight excluding hydrogens is 398 g/mol. The maximum Gasteiger partial charge on any atom is 0.315 e. The van der Waals surface area contributed by atoms with Crippen LogP contribution in [0.25, 0.3) is 11.0 Å². The molecule has 1 aromatic carbocycles. The minimum atomic E-state index is -0.0434. The standard InChI is InChI=1S/C22H31N5O2S/c1-14(2)12-27-17-8-4-3-7-15(17)24-19(27)11-23-20(28)10-6-5-9-18-21-16(13-30-18)25-22(29)26-21/h3-4,7-8,14,16,18,21H,5-6,9-13H2,1-2H3,(H,23,28)(H2,25,26,29). The van der Waals surface area contributed by atoms with E-state index in [1.165, 1.54) is 0 Å². The van der Waals surface area contributed by atoms with Gasteiger partial charge >= 0.3 is 6.03 Å². The summed E-state index contributed by atoms with van der Waals surface area (Å²) in [6.07, 6.45) is 3.42. The van der Waals surface area contributed by atoms with E-state index in [1.807, 2.05) is 30.0 Å². The molecule has 2 saturated heterocycles. The summed E-state index contributed by atoms with van der Waals surface area (Å²) in [6, 6.07) is 8.59. The number of urea groups is 1. The summed E-state index contributed by atoms with van der Waals surface area (Å²) in [4.78, 5) is 28.6. The molecule has 3 amide bonds. The normalized spacial score (nSPS) is 22.9. The number of aromatic nitrogens is 2. The van der Waals surface area contributed by atoms with Gasteiger partial charge in [0.15, 0.2) is 0 Å². The van der Waals surface area contributed by atoms with Gasteiger partial charge in [-0.25, -0.2) is 9.78 Å². The topological polar surface area (TPSA) is 88.0 Å². The number of fused-ring (bicyclic) bond motifs is 2. The number of nitrogens with one attached hydrogen (secondary N) is 3. The number of para-hydroxylation sites is 2. The summed E-state index contributed by atoms with van der Waals surface area (Å²) in [5.74, 6) is 2.47. The molecule has 1 aromatic heterocycles. The van der Waals surface area contributed by atoms with Crippen molar-refractivity contribution in [1.29, 1.82) is 0 Å². The molecule has 4 rings (SSSR count). The Morgan fingerprint density at radius 2 is 2.13 bits per heavy atom. The molecule has 0 aliphatic carbocycles. The van der Waals surface area contributed by atoms with Crippen molar-refractivity contribution in [3.05, 3.63) is 30.1 Å². The second kappa shape index (κ2) is 9.29. The molecule has 2 aliphatic heterocycles. The highest BCUT2D eigenvalue weighted by atomic mass is 32.2. The third-order valence-corrected chi connectivity index (χ3v) is 7.31. The van der Waals surface area contributed by atoms with Crippen LogP contribution < -0.4 is 16.0 Å². The lowest BCUT2D eigenvalue weighted by Gasteiger charge is -2.16. The average Bonchev–Trinajstić information content (AvgIpc) is 3.36. The number of amides is 3. The van der Waals surface area contributed by atoms with Gasteiger partial charge in [0.05, 0.1) is 29.7 Å². The Labute approximate surface area is 181 Å². The van der Waals surface area contributed by atoms with Gasteiger partial charge in [0.2, 0.25) is 5.91 Å². The largest absolute Gasteiger partial charge is 0.349 e. The van der Waals surface area contributed by atoms with Gasteiger partial charge in [0, 0.05) is 24.0 Å². The van der Waals surface area contributed by atoms with Crippen LogP contribution in [0.15, 0.2) is 24.3 Å². The Kier molecular flexibility index (Phi) is 6.51. The molecule has 0 radical (unpaired) electrons. The number of benzene rings is 1. The number of nitrogens with zero attached hydrogens (tertiary/aromatic N) is 2. The van der Waals surface area contributed by atoms with E-state index in [-0.39, 0.29) is 24.0 Å². The summed E-state index contributed by atoms with van der Waals surface area (Å²) < 4.78 is 2.22. The second-order valence-electron chi connectivity index (χ2n) is 8.67. The van der Waals surface area contributed by atoms with Crippen LogP contribution in [-0.2, 0) is 17.9 Å². The number of carbonyl (C=O) groups is 2. The van der Waals surface area contributed by atoms with E-state index < -0.39 is 0 Å². The minimum Gasteiger partial charge on any atom is -0.349 e. The molecule has 30 heavy (non-hydrogen) atoms. The van der Waals surface area contributed by atoms with Crippen LogP contribution in [0.5, 0.6) is 0 Å². The Balaban J connectivity index is 1.23. The molecule has 3 atom stereocenters. The van der Waals surface area contributed by atoms with Gasteiger partial charge in [-0.15, -0.1) is 0 Å². The highest BCUT2D eigenvalue weighted by Crippen LogP contribution is 2.33. The van der Waals surface area contributed by atoms with Crippen LogP contribution >= 0.6 is 11.8 Å². The van der Waals surface area contributed by atoms with Crippen molar-refractivity contribution < 1.29 is 9.59 Å². The number of thioether (sulfide) groups is 1. The maximum absolute atomic E-state index is 12.4. The van der Waals surface area contributed by atoms with Gasteiger partial charge in [-0.1, -0.05) is 32.4 Å². The van der Waals surface area contributed by atoms with E-state index in [9.17, 15) is 9.59 Å². The van der Waals surface area contributed by atoms with E-state index >= 15 is 0 Å². The molecule has 8 heteroatoms. The minimum absolute atomic E-state index is 0.0434. The Hall–Kier alpha value is -2.22. The van der Waals surface area contributed by atoms with Crippen molar-refractivity contribution in [2.45, 2.75) is 70.0 Å². The molecule has 0 saturated carbocycles. The van der Waals surface area contributed by atoms with Crippen molar-refractivity contribution in [3.8, 4) is 0 Å². The van der Waals surface area contributed by atoms with E-state index in [0.29, 0.717) is 24.1 Å². The lowest BCUT2D eigenvalue weighted by Crippen LogP contribution is -2.36. The zero-order valence-corrected chi connectivity index (χ0v) is 18.5. The molecule has 3 heterocycles. The van der Waals surface area contributed by atoms with Gasteiger partial charge in [-0.3, -0.25) is 4.79 Å². The lowest BCUT2D eigenvalue weighted by atomic mass is 10.0. The van der Waals surface area contributed by atoms with Crippen molar-refractivity contribution in [2.75, 3.05) is 5.75 Å². The van der Waals surface area contributed by atoms with Gasteiger partial charge in [0.25, 0.3) is 0 Å². The number of rotatable bonds is 9. The monoisotopic (exact) mass is 429 g/mol. The van der Waals surface area contributed by atoms with Gasteiger partial charge in [-0.2, -0.15) is 11.8 Å². The average molecular weight is 430 g/mol. The lowest BCUT2D eigenvalue weighted by molar-refractivity contribution is -0.121. The van der Waals surface area contributed by atoms with Crippen LogP contribution in [0, 0.1) is 5.92 Å². The quantitative estimate of drug-likeness (QED) is 0.422. The van der Waals surface area contributed by atoms with E-state index in [2.05, 4.69) is 40.4 Å². The highest BCUT2D eigenvalue weighted by molar-refractivity contribution is 8.00. The number of carbonyl (C=O) groups excluding carboxylic acids is 2. The summed E-state index contributed by atoms with van der Waals surface area (Å²) in [5, 5.41) is 9.50. The molecular formula is C22H31N5O2S. The van der Waals surface area contributed by atoms with Crippen molar-refractivity contribution in [2.24, 2.45) is 5.92 Å². The molecule has 162 valence electrons. The van der Waals surface area contributed by atoms with E-state index in [1.54, 1.807) is 0 Å². The number of unbranched alkanes of at least 4 members (excludes halogenated alkanes) is 1. The molecule has 2 aliphatic rings. The number of hydrogen-bond donors (Lipinski definition) is 3. The van der Waals surface area contributed by atoms with Crippen LogP contribution in [0.4, 0.5) is 4.79 Å². The third-order valence-electron chi connectivity index (χ3n) is 5.81. The SMILES string of the molecule is CC(C)Cn1c(CNC(=O)CCCCC2SCC3NC(=O)NC32)nc2ccccc21. The molecule has 7 nitrogen and oxygen atoms in total. The molecule has 3 N–H and O–H groups in total. The summed E-state index contributed by atoms with van der Waals surface area (Å²) in [5.41, 5.74) is 2.10. The van der Waals surface area contributed by atoms with Gasteiger partial charge in [-0.05, 0) is 30.9 Å². The zero-order valence-electron chi connectivity index (χ0n) is 17.7. The first-order chi connectivity index (χ1) is 14.5. The molecule has 2 fully saturated rings. The van der Waals surface area contributed by atoms with Crippen LogP contribution in [0.2, 0.25) is 0 Å². The smallest absolute Gasteiger partial charge is 0.315 e. The van der Waals surface area contributed by atoms with Crippen LogP contribution in [0.3, 0.4) is 0 Å². The highest BCUT2D eigenvalue weighted by Gasteiger charge is 2.42. The summed E-state index contributed by atoms with van der Waals surface area (Å²) in [7, 11) is 0. The predicted molar refractivity (Wildman–Crippen MR) is 120 cm³/mol. The third kappa shape index (κ3) is 4.74. The molecule has 2 aromatic rings. The Bertz CT molecular complexity index is 912. The second-order valence-corrected chi connectivity index (χ2v) is 9.94. The summed E-state index contributed by atoms with van der Waals surface area (Å²) >= 11 is 1.92. The molecule has 3 unspecified atom stereocenters. The van der Waals surface area contributed by atoms with Gasteiger partial charge < -0.3 is 20.5 Å². The fourth-order valence-corrected chi connectivity index (χ4v) is 5.91. The Morgan fingerprint density at radius 1 is 1.30 bits per heavy atom. The van der Waals surface area contributed by atoms with Crippen LogP contribution in [-0.4, -0.2) is 44.6 Å². The van der Waals surface area contributed by atoms with Crippen molar-refractivity contribution in [1.82, 2.24) is 25.5 Å². The first kappa shape index (κ1) is 21.0. The van der Waals surface area contributed by atoms with Gasteiger partial charge in [0.1, 0.15) is 5.82 Å². The molecule has 0 spiro atoms. The van der Waals surface area contributed by atoms with E-state index in [4.69, 9.17) is 4.98 Å². The fourth-order valence-electron chi connectivity index (χ4n) is 4.37. The number of hydrogen-bond acceptors (Lipinski definition) is 4. The Morgan fingerprint density at radius 3 is 2.97 bits per heavy atom. The predicted octanol–water partition coefficient (Wildman–Crippen LogP) is 3.03. The van der Waals surface area contributed by atoms with Crippen molar-refractivity contribution in [3.63, 3.8) is 0 Å². The first-order valence-electron chi connectivity index (χ1n) is 10.9. The maximum atomic E-state index is 12.4. The van der Waals surface area contributed by atoms with Crippen LogP contribution in [0.1, 0.15) is 45.4 Å².